The molecule has 72 valence electrons. The molecule has 4 nitrogen and oxygen atoms in total. The lowest BCUT2D eigenvalue weighted by atomic mass is 10.0. The first kappa shape index (κ1) is 8.87. The van der Waals surface area contributed by atoms with Crippen LogP contribution in [0.4, 0.5) is 0 Å². The molecule has 0 unspecified atom stereocenters. The van der Waals surface area contributed by atoms with E-state index in [1.807, 2.05) is 13.8 Å². The molecular formula is C10H11N3O. The normalized spacial score (nSPS) is 11.1. The Kier molecular flexibility index (Phi) is 2.04. The number of hydrogen-bond donors (Lipinski definition) is 0. The van der Waals surface area contributed by atoms with Crippen molar-refractivity contribution in [3.05, 3.63) is 30.2 Å². The SMILES string of the molecule is CC(C)C(=O)c1ccn2cnnc2c1. The zero-order valence-electron chi connectivity index (χ0n) is 8.14. The zero-order chi connectivity index (χ0) is 10.1. The molecule has 0 bridgehead atoms. The summed E-state index contributed by atoms with van der Waals surface area (Å²) in [6.07, 6.45) is 3.41. The highest BCUT2D eigenvalue weighted by Crippen LogP contribution is 2.10. The molecule has 0 aliphatic rings. The van der Waals surface area contributed by atoms with E-state index in [1.54, 1.807) is 29.1 Å². The van der Waals surface area contributed by atoms with E-state index < -0.39 is 0 Å². The maximum Gasteiger partial charge on any atom is 0.165 e. The van der Waals surface area contributed by atoms with Gasteiger partial charge in [0.2, 0.25) is 0 Å². The van der Waals surface area contributed by atoms with Gasteiger partial charge in [0.25, 0.3) is 0 Å². The summed E-state index contributed by atoms with van der Waals surface area (Å²) in [6, 6.07) is 3.55. The van der Waals surface area contributed by atoms with E-state index in [4.69, 9.17) is 0 Å². The Balaban J connectivity index is 2.48. The number of nitrogens with zero attached hydrogens (tertiary/aromatic N) is 3. The average Bonchev–Trinajstić information content (AvgIpc) is 2.62. The van der Waals surface area contributed by atoms with Crippen molar-refractivity contribution in [3.63, 3.8) is 0 Å². The first-order valence-electron chi connectivity index (χ1n) is 4.52. The van der Waals surface area contributed by atoms with Crippen molar-refractivity contribution in [2.45, 2.75) is 13.8 Å². The fraction of sp³-hybridized carbons (Fsp3) is 0.300. The molecule has 4 heteroatoms. The van der Waals surface area contributed by atoms with Crippen LogP contribution in [0.15, 0.2) is 24.7 Å². The fourth-order valence-corrected chi connectivity index (χ4v) is 1.30. The summed E-state index contributed by atoms with van der Waals surface area (Å²) in [6.45, 7) is 3.77. The van der Waals surface area contributed by atoms with Crippen LogP contribution < -0.4 is 0 Å². The fourth-order valence-electron chi connectivity index (χ4n) is 1.30. The second kappa shape index (κ2) is 3.21. The van der Waals surface area contributed by atoms with Gasteiger partial charge in [0.05, 0.1) is 0 Å². The predicted octanol–water partition coefficient (Wildman–Crippen LogP) is 1.57. The molecule has 2 heterocycles. The summed E-state index contributed by atoms with van der Waals surface area (Å²) < 4.78 is 1.77. The standard InChI is InChI=1S/C10H11N3O/c1-7(2)10(14)8-3-4-13-6-11-12-9(13)5-8/h3-7H,1-2H3. The second-order valence-corrected chi connectivity index (χ2v) is 3.53. The molecule has 0 saturated heterocycles. The van der Waals surface area contributed by atoms with E-state index in [0.29, 0.717) is 11.2 Å². The first-order chi connectivity index (χ1) is 6.68. The van der Waals surface area contributed by atoms with E-state index in [0.717, 1.165) is 0 Å². The highest BCUT2D eigenvalue weighted by molar-refractivity contribution is 5.98. The molecule has 2 aromatic heterocycles. The lowest BCUT2D eigenvalue weighted by molar-refractivity contribution is 0.0939. The Labute approximate surface area is 81.6 Å². The van der Waals surface area contributed by atoms with Gasteiger partial charge in [0.15, 0.2) is 11.4 Å². The Morgan fingerprint density at radius 1 is 1.50 bits per heavy atom. The van der Waals surface area contributed by atoms with Crippen LogP contribution in [-0.2, 0) is 0 Å². The van der Waals surface area contributed by atoms with E-state index >= 15 is 0 Å². The second-order valence-electron chi connectivity index (χ2n) is 3.53. The van der Waals surface area contributed by atoms with Gasteiger partial charge in [-0.15, -0.1) is 10.2 Å². The molecule has 0 radical (unpaired) electrons. The monoisotopic (exact) mass is 189 g/mol. The van der Waals surface area contributed by atoms with Crippen molar-refractivity contribution in [1.82, 2.24) is 14.6 Å². The van der Waals surface area contributed by atoms with E-state index in [2.05, 4.69) is 10.2 Å². The van der Waals surface area contributed by atoms with Gasteiger partial charge in [-0.2, -0.15) is 0 Å². The smallest absolute Gasteiger partial charge is 0.165 e. The summed E-state index contributed by atoms with van der Waals surface area (Å²) in [4.78, 5) is 11.7. The number of hydrogen-bond acceptors (Lipinski definition) is 3. The molecule has 0 fully saturated rings. The van der Waals surface area contributed by atoms with Gasteiger partial charge in [0, 0.05) is 17.7 Å². The summed E-state index contributed by atoms with van der Waals surface area (Å²) in [5, 5.41) is 7.63. The highest BCUT2D eigenvalue weighted by atomic mass is 16.1. The van der Waals surface area contributed by atoms with Crippen molar-refractivity contribution in [2.24, 2.45) is 5.92 Å². The molecule has 0 amide bonds. The predicted molar refractivity (Wildman–Crippen MR) is 52.2 cm³/mol. The number of aromatic nitrogens is 3. The van der Waals surface area contributed by atoms with Crippen LogP contribution in [0.5, 0.6) is 0 Å². The van der Waals surface area contributed by atoms with Crippen molar-refractivity contribution in [1.29, 1.82) is 0 Å². The van der Waals surface area contributed by atoms with Gasteiger partial charge in [-0.05, 0) is 12.1 Å². The maximum absolute atomic E-state index is 11.7. The Morgan fingerprint density at radius 3 is 3.00 bits per heavy atom. The number of rotatable bonds is 2. The third kappa shape index (κ3) is 1.39. The summed E-state index contributed by atoms with van der Waals surface area (Å²) in [7, 11) is 0. The van der Waals surface area contributed by atoms with Gasteiger partial charge in [-0.1, -0.05) is 13.8 Å². The molecule has 0 spiro atoms. The van der Waals surface area contributed by atoms with E-state index in [1.165, 1.54) is 0 Å². The van der Waals surface area contributed by atoms with Crippen LogP contribution in [-0.4, -0.2) is 20.4 Å². The lowest BCUT2D eigenvalue weighted by Gasteiger charge is -2.03. The van der Waals surface area contributed by atoms with Gasteiger partial charge >= 0.3 is 0 Å². The van der Waals surface area contributed by atoms with Crippen LogP contribution in [0.2, 0.25) is 0 Å². The number of Topliss-reactive ketones (excluding diaryl/α,β-unsaturated/α-hetero) is 1. The number of pyridine rings is 1. The quantitative estimate of drug-likeness (QED) is 0.673. The lowest BCUT2D eigenvalue weighted by Crippen LogP contribution is -2.07. The molecule has 0 aliphatic carbocycles. The topological polar surface area (TPSA) is 47.3 Å². The highest BCUT2D eigenvalue weighted by Gasteiger charge is 2.10. The Hall–Kier alpha value is -1.71. The third-order valence-corrected chi connectivity index (χ3v) is 2.11. The third-order valence-electron chi connectivity index (χ3n) is 2.11. The molecule has 0 aromatic carbocycles. The van der Waals surface area contributed by atoms with Crippen molar-refractivity contribution in [2.75, 3.05) is 0 Å². The Morgan fingerprint density at radius 2 is 2.29 bits per heavy atom. The first-order valence-corrected chi connectivity index (χ1v) is 4.52. The van der Waals surface area contributed by atoms with Crippen LogP contribution >= 0.6 is 0 Å². The molecule has 14 heavy (non-hydrogen) atoms. The minimum Gasteiger partial charge on any atom is -0.294 e. The van der Waals surface area contributed by atoms with Crippen LogP contribution in [0.25, 0.3) is 5.65 Å². The minimum absolute atomic E-state index is 0.0142. The Bertz CT molecular complexity index is 473. The maximum atomic E-state index is 11.7. The molecule has 2 aromatic rings. The number of ketones is 1. The van der Waals surface area contributed by atoms with Crippen molar-refractivity contribution in [3.8, 4) is 0 Å². The number of carbonyl (C=O) groups is 1. The van der Waals surface area contributed by atoms with E-state index in [9.17, 15) is 4.79 Å². The molecule has 0 saturated carbocycles. The van der Waals surface area contributed by atoms with Gasteiger partial charge < -0.3 is 0 Å². The van der Waals surface area contributed by atoms with Crippen LogP contribution in [0.1, 0.15) is 24.2 Å². The van der Waals surface area contributed by atoms with Gasteiger partial charge in [-0.3, -0.25) is 9.20 Å². The molecule has 2 rings (SSSR count). The summed E-state index contributed by atoms with van der Waals surface area (Å²) in [5.74, 6) is 0.149. The largest absolute Gasteiger partial charge is 0.294 e. The van der Waals surface area contributed by atoms with Crippen molar-refractivity contribution < 1.29 is 4.79 Å². The van der Waals surface area contributed by atoms with Gasteiger partial charge in [-0.25, -0.2) is 0 Å². The van der Waals surface area contributed by atoms with Crippen molar-refractivity contribution >= 4 is 11.4 Å². The van der Waals surface area contributed by atoms with Crippen LogP contribution in [0.3, 0.4) is 0 Å². The minimum atomic E-state index is 0.0142. The number of carbonyl (C=O) groups excluding carboxylic acids is 1. The van der Waals surface area contributed by atoms with Gasteiger partial charge in [0.1, 0.15) is 6.33 Å². The molecule has 0 atom stereocenters. The van der Waals surface area contributed by atoms with Crippen LogP contribution in [0, 0.1) is 5.92 Å². The molecule has 0 N–H and O–H groups in total. The zero-order valence-corrected chi connectivity index (χ0v) is 8.14. The average molecular weight is 189 g/mol. The number of fused-ring (bicyclic) bond motifs is 1. The summed E-state index contributed by atoms with van der Waals surface area (Å²) >= 11 is 0. The molecule has 0 aliphatic heterocycles. The van der Waals surface area contributed by atoms with E-state index in [-0.39, 0.29) is 11.7 Å². The summed E-state index contributed by atoms with van der Waals surface area (Å²) in [5.41, 5.74) is 1.40. The molecular weight excluding hydrogens is 178 g/mol.